The van der Waals surface area contributed by atoms with Crippen molar-refractivity contribution in [3.8, 4) is 0 Å². The minimum atomic E-state index is -0.454. The molecule has 7 heteroatoms. The van der Waals surface area contributed by atoms with E-state index >= 15 is 0 Å². The van der Waals surface area contributed by atoms with Gasteiger partial charge in [0.05, 0.1) is 11.1 Å². The van der Waals surface area contributed by atoms with Crippen LogP contribution in [-0.2, 0) is 0 Å². The molecule has 4 rings (SSSR count). The largest absolute Gasteiger partial charge is 0.369 e. The van der Waals surface area contributed by atoms with Crippen molar-refractivity contribution in [3.63, 3.8) is 0 Å². The van der Waals surface area contributed by atoms with Crippen LogP contribution < -0.4 is 10.2 Å². The van der Waals surface area contributed by atoms with Gasteiger partial charge in [-0.2, -0.15) is 0 Å². The zero-order chi connectivity index (χ0) is 20.5. The molecule has 0 unspecified atom stereocenters. The molecule has 0 radical (unpaired) electrons. The lowest BCUT2D eigenvalue weighted by molar-refractivity contribution is 0.0941. The number of halogens is 1. The standard InChI is InChI=1S/C22H23FN4O2/c1-15(28)27-14-20(19-8-3-16(23)13-21(19)27)22(29)24-17-4-6-18(7-5-17)26-11-9-25(2)10-12-26/h3-8,13-14H,9-12H2,1-2H3,(H,24,29). The fourth-order valence-corrected chi connectivity index (χ4v) is 3.66. The van der Waals surface area contributed by atoms with Crippen LogP contribution >= 0.6 is 0 Å². The second kappa shape index (κ2) is 7.67. The number of piperazine rings is 1. The van der Waals surface area contributed by atoms with Crippen molar-refractivity contribution in [2.45, 2.75) is 6.92 Å². The summed E-state index contributed by atoms with van der Waals surface area (Å²) in [5.74, 6) is -1.07. The van der Waals surface area contributed by atoms with Gasteiger partial charge in [-0.05, 0) is 49.5 Å². The third kappa shape index (κ3) is 3.86. The lowest BCUT2D eigenvalue weighted by atomic mass is 10.1. The Kier molecular flexibility index (Phi) is 5.07. The molecule has 1 saturated heterocycles. The molecule has 0 saturated carbocycles. The average molecular weight is 394 g/mol. The average Bonchev–Trinajstić information content (AvgIpc) is 3.08. The molecule has 1 fully saturated rings. The zero-order valence-corrected chi connectivity index (χ0v) is 16.5. The van der Waals surface area contributed by atoms with E-state index in [9.17, 15) is 14.0 Å². The first kappa shape index (κ1) is 19.1. The lowest BCUT2D eigenvalue weighted by Gasteiger charge is -2.34. The Morgan fingerprint density at radius 1 is 1.00 bits per heavy atom. The Hall–Kier alpha value is -3.19. The van der Waals surface area contributed by atoms with Crippen molar-refractivity contribution in [2.24, 2.45) is 0 Å². The van der Waals surface area contributed by atoms with Crippen LogP contribution in [0.15, 0.2) is 48.7 Å². The molecular weight excluding hydrogens is 371 g/mol. The zero-order valence-electron chi connectivity index (χ0n) is 16.5. The second-order valence-electron chi connectivity index (χ2n) is 7.38. The summed E-state index contributed by atoms with van der Waals surface area (Å²) in [5, 5.41) is 3.41. The first-order valence-electron chi connectivity index (χ1n) is 9.59. The fraction of sp³-hybridized carbons (Fsp3) is 0.273. The number of carbonyl (C=O) groups is 2. The van der Waals surface area contributed by atoms with Crippen LogP contribution in [0.5, 0.6) is 0 Å². The molecule has 2 heterocycles. The highest BCUT2D eigenvalue weighted by molar-refractivity contribution is 6.14. The maximum atomic E-state index is 13.6. The molecule has 1 N–H and O–H groups in total. The van der Waals surface area contributed by atoms with Gasteiger partial charge < -0.3 is 15.1 Å². The van der Waals surface area contributed by atoms with Gasteiger partial charge in [0.15, 0.2) is 0 Å². The maximum absolute atomic E-state index is 13.6. The first-order valence-corrected chi connectivity index (χ1v) is 9.59. The molecule has 1 aliphatic heterocycles. The third-order valence-corrected chi connectivity index (χ3v) is 5.35. The summed E-state index contributed by atoms with van der Waals surface area (Å²) >= 11 is 0. The Bertz CT molecular complexity index is 1070. The number of likely N-dealkylation sites (N-methyl/N-ethyl adjacent to an activating group) is 1. The van der Waals surface area contributed by atoms with Crippen molar-refractivity contribution in [1.29, 1.82) is 0 Å². The summed E-state index contributed by atoms with van der Waals surface area (Å²) in [7, 11) is 2.12. The molecule has 3 aromatic rings. The van der Waals surface area contributed by atoms with E-state index in [0.717, 1.165) is 31.9 Å². The Labute approximate surface area is 168 Å². The summed E-state index contributed by atoms with van der Waals surface area (Å²) in [5.41, 5.74) is 2.50. The fourth-order valence-electron chi connectivity index (χ4n) is 3.66. The smallest absolute Gasteiger partial charge is 0.257 e. The van der Waals surface area contributed by atoms with E-state index in [4.69, 9.17) is 0 Å². The molecule has 29 heavy (non-hydrogen) atoms. The topological polar surface area (TPSA) is 57.6 Å². The molecule has 1 aromatic heterocycles. The van der Waals surface area contributed by atoms with Crippen molar-refractivity contribution in [2.75, 3.05) is 43.4 Å². The van der Waals surface area contributed by atoms with Crippen molar-refractivity contribution < 1.29 is 14.0 Å². The van der Waals surface area contributed by atoms with Crippen molar-refractivity contribution >= 4 is 34.1 Å². The number of benzene rings is 2. The molecule has 0 aliphatic carbocycles. The van der Waals surface area contributed by atoms with E-state index in [1.807, 2.05) is 24.3 Å². The minimum absolute atomic E-state index is 0.281. The van der Waals surface area contributed by atoms with Crippen LogP contribution in [-0.4, -0.2) is 54.5 Å². The predicted octanol–water partition coefficient (Wildman–Crippen LogP) is 3.44. The molecule has 0 atom stereocenters. The molecule has 6 nitrogen and oxygen atoms in total. The first-order chi connectivity index (χ1) is 13.9. The van der Waals surface area contributed by atoms with Gasteiger partial charge in [-0.3, -0.25) is 14.2 Å². The minimum Gasteiger partial charge on any atom is -0.369 e. The quantitative estimate of drug-likeness (QED) is 0.739. The van der Waals surface area contributed by atoms with Gasteiger partial charge in [0, 0.05) is 56.1 Å². The number of hydrogen-bond donors (Lipinski definition) is 1. The van der Waals surface area contributed by atoms with Crippen LogP contribution in [0.3, 0.4) is 0 Å². The van der Waals surface area contributed by atoms with Gasteiger partial charge in [0.25, 0.3) is 5.91 Å². The highest BCUT2D eigenvalue weighted by atomic mass is 19.1. The van der Waals surface area contributed by atoms with Crippen LogP contribution in [0.25, 0.3) is 10.9 Å². The van der Waals surface area contributed by atoms with Crippen LogP contribution in [0.4, 0.5) is 15.8 Å². The number of rotatable bonds is 3. The van der Waals surface area contributed by atoms with Gasteiger partial charge in [-0.1, -0.05) is 0 Å². The Morgan fingerprint density at radius 3 is 2.34 bits per heavy atom. The normalized spacial score (nSPS) is 14.9. The maximum Gasteiger partial charge on any atom is 0.257 e. The summed E-state index contributed by atoms with van der Waals surface area (Å²) in [6, 6.07) is 11.8. The van der Waals surface area contributed by atoms with Crippen LogP contribution in [0.2, 0.25) is 0 Å². The molecule has 0 bridgehead atoms. The molecule has 2 aromatic carbocycles. The van der Waals surface area contributed by atoms with Gasteiger partial charge in [-0.25, -0.2) is 4.39 Å². The number of nitrogens with zero attached hydrogens (tertiary/aromatic N) is 3. The van der Waals surface area contributed by atoms with Crippen molar-refractivity contribution in [1.82, 2.24) is 9.47 Å². The van der Waals surface area contributed by atoms with E-state index in [-0.39, 0.29) is 11.8 Å². The number of anilines is 2. The molecule has 150 valence electrons. The SMILES string of the molecule is CC(=O)n1cc(C(=O)Nc2ccc(N3CCN(C)CC3)cc2)c2ccc(F)cc21. The van der Waals surface area contributed by atoms with E-state index < -0.39 is 5.82 Å². The van der Waals surface area contributed by atoms with Gasteiger partial charge in [0.2, 0.25) is 5.91 Å². The molecule has 1 aliphatic rings. The number of nitrogens with one attached hydrogen (secondary N) is 1. The number of fused-ring (bicyclic) bond motifs is 1. The van der Waals surface area contributed by atoms with Crippen molar-refractivity contribution in [3.05, 3.63) is 60.0 Å². The summed E-state index contributed by atoms with van der Waals surface area (Å²) < 4.78 is 14.9. The molecular formula is C22H23FN4O2. The lowest BCUT2D eigenvalue weighted by Crippen LogP contribution is -2.44. The molecule has 1 amide bonds. The summed E-state index contributed by atoms with van der Waals surface area (Å²) in [6.07, 6.45) is 1.46. The number of aromatic nitrogens is 1. The Balaban J connectivity index is 1.54. The van der Waals surface area contributed by atoms with Crippen LogP contribution in [0, 0.1) is 5.82 Å². The van der Waals surface area contributed by atoms with E-state index in [1.165, 1.54) is 35.9 Å². The van der Waals surface area contributed by atoms with Gasteiger partial charge in [0.1, 0.15) is 5.82 Å². The molecule has 0 spiro atoms. The number of hydrogen-bond acceptors (Lipinski definition) is 4. The summed E-state index contributed by atoms with van der Waals surface area (Å²) in [6.45, 7) is 5.38. The van der Waals surface area contributed by atoms with E-state index in [1.54, 1.807) is 0 Å². The highest BCUT2D eigenvalue weighted by Gasteiger charge is 2.18. The summed E-state index contributed by atoms with van der Waals surface area (Å²) in [4.78, 5) is 29.3. The highest BCUT2D eigenvalue weighted by Crippen LogP contribution is 2.25. The number of amides is 1. The second-order valence-corrected chi connectivity index (χ2v) is 7.38. The Morgan fingerprint density at radius 2 is 1.69 bits per heavy atom. The van der Waals surface area contributed by atoms with Gasteiger partial charge in [-0.15, -0.1) is 0 Å². The number of carbonyl (C=O) groups excluding carboxylic acids is 2. The van der Waals surface area contributed by atoms with E-state index in [2.05, 4.69) is 22.2 Å². The van der Waals surface area contributed by atoms with Gasteiger partial charge >= 0.3 is 0 Å². The van der Waals surface area contributed by atoms with Crippen LogP contribution in [0.1, 0.15) is 22.1 Å². The third-order valence-electron chi connectivity index (χ3n) is 5.35. The monoisotopic (exact) mass is 394 g/mol. The predicted molar refractivity (Wildman–Crippen MR) is 112 cm³/mol. The van der Waals surface area contributed by atoms with E-state index in [0.29, 0.717) is 22.2 Å².